The normalized spacial score (nSPS) is 22.7. The Balaban J connectivity index is 1.56. The molecule has 31 heavy (non-hydrogen) atoms. The van der Waals surface area contributed by atoms with Crippen LogP contribution in [0.25, 0.3) is 0 Å². The predicted octanol–water partition coefficient (Wildman–Crippen LogP) is 3.45. The molecule has 2 amide bonds. The van der Waals surface area contributed by atoms with Gasteiger partial charge >= 0.3 is 0 Å². The number of para-hydroxylation sites is 1. The summed E-state index contributed by atoms with van der Waals surface area (Å²) in [6.07, 6.45) is -0.936. The van der Waals surface area contributed by atoms with Crippen LogP contribution in [0.15, 0.2) is 78.9 Å². The first-order valence-electron chi connectivity index (χ1n) is 9.90. The maximum Gasteiger partial charge on any atom is 0.266 e. The standard InChI is InChI=1S/C24H20N2O5/c1-30-19-13-9-16(10-14-19)25-23(28)20-21(15-7-11-18(27)12-8-15)26(31-22(20)24(25)29)17-5-3-2-4-6-17/h2-14,20-22,27H,1H3/t20-,21+,22+/m1/s1. The van der Waals surface area contributed by atoms with Gasteiger partial charge in [0.25, 0.3) is 5.91 Å². The van der Waals surface area contributed by atoms with E-state index in [0.29, 0.717) is 11.4 Å². The molecule has 156 valence electrons. The molecular formula is C24H20N2O5. The number of hydrogen-bond acceptors (Lipinski definition) is 6. The summed E-state index contributed by atoms with van der Waals surface area (Å²) in [6, 6.07) is 22.2. The number of methoxy groups -OCH3 is 1. The zero-order valence-corrected chi connectivity index (χ0v) is 16.7. The Bertz CT molecular complexity index is 1110. The zero-order valence-electron chi connectivity index (χ0n) is 16.7. The van der Waals surface area contributed by atoms with Crippen LogP contribution in [0, 0.1) is 5.92 Å². The van der Waals surface area contributed by atoms with Crippen LogP contribution < -0.4 is 14.7 Å². The highest BCUT2D eigenvalue weighted by atomic mass is 16.7. The Kier molecular flexibility index (Phi) is 4.60. The minimum Gasteiger partial charge on any atom is -0.508 e. The summed E-state index contributed by atoms with van der Waals surface area (Å²) >= 11 is 0. The zero-order chi connectivity index (χ0) is 21.5. The topological polar surface area (TPSA) is 79.3 Å². The van der Waals surface area contributed by atoms with Gasteiger partial charge in [0.05, 0.1) is 24.5 Å². The second-order valence-corrected chi connectivity index (χ2v) is 7.46. The summed E-state index contributed by atoms with van der Waals surface area (Å²) in [5, 5.41) is 11.3. The van der Waals surface area contributed by atoms with Crippen molar-refractivity contribution >= 4 is 23.2 Å². The van der Waals surface area contributed by atoms with Crippen LogP contribution in [0.3, 0.4) is 0 Å². The number of hydroxylamine groups is 1. The molecule has 0 unspecified atom stereocenters. The fourth-order valence-corrected chi connectivity index (χ4v) is 4.21. The number of nitrogens with zero attached hydrogens (tertiary/aromatic N) is 2. The number of carbonyl (C=O) groups excluding carboxylic acids is 2. The van der Waals surface area contributed by atoms with E-state index < -0.39 is 24.0 Å². The molecule has 3 aromatic rings. The van der Waals surface area contributed by atoms with E-state index in [-0.39, 0.29) is 11.7 Å². The van der Waals surface area contributed by atoms with Crippen LogP contribution in [-0.4, -0.2) is 30.1 Å². The average Bonchev–Trinajstić information content (AvgIpc) is 3.31. The van der Waals surface area contributed by atoms with Gasteiger partial charge in [0.15, 0.2) is 6.10 Å². The fourth-order valence-electron chi connectivity index (χ4n) is 4.21. The number of phenols is 1. The van der Waals surface area contributed by atoms with Crippen molar-refractivity contribution in [2.75, 3.05) is 17.1 Å². The molecule has 7 heteroatoms. The molecule has 3 atom stereocenters. The number of fused-ring (bicyclic) bond motifs is 1. The Morgan fingerprint density at radius 2 is 1.52 bits per heavy atom. The molecule has 5 rings (SSSR count). The maximum atomic E-state index is 13.5. The molecule has 2 aliphatic heterocycles. The van der Waals surface area contributed by atoms with Gasteiger partial charge in [-0.25, -0.2) is 9.96 Å². The highest BCUT2D eigenvalue weighted by molar-refractivity contribution is 6.23. The number of phenolic OH excluding ortho intramolecular Hbond substituents is 1. The van der Waals surface area contributed by atoms with Gasteiger partial charge in [0.1, 0.15) is 17.4 Å². The number of imide groups is 1. The van der Waals surface area contributed by atoms with E-state index in [0.717, 1.165) is 11.3 Å². The van der Waals surface area contributed by atoms with Crippen molar-refractivity contribution in [2.45, 2.75) is 12.1 Å². The van der Waals surface area contributed by atoms with Gasteiger partial charge in [-0.1, -0.05) is 30.3 Å². The lowest BCUT2D eigenvalue weighted by Crippen LogP contribution is -2.37. The van der Waals surface area contributed by atoms with Crippen molar-refractivity contribution in [1.82, 2.24) is 0 Å². The molecule has 3 aromatic carbocycles. The van der Waals surface area contributed by atoms with Crippen LogP contribution in [0.4, 0.5) is 11.4 Å². The van der Waals surface area contributed by atoms with E-state index in [9.17, 15) is 14.7 Å². The van der Waals surface area contributed by atoms with E-state index in [1.54, 1.807) is 60.7 Å². The summed E-state index contributed by atoms with van der Waals surface area (Å²) < 4.78 is 5.17. The summed E-state index contributed by atoms with van der Waals surface area (Å²) in [5.41, 5.74) is 1.99. The molecule has 0 aromatic heterocycles. The third kappa shape index (κ3) is 3.10. The number of carbonyl (C=O) groups is 2. The molecule has 0 aliphatic carbocycles. The molecule has 0 saturated carbocycles. The first kappa shape index (κ1) is 19.1. The lowest BCUT2D eigenvalue weighted by Gasteiger charge is -2.28. The number of anilines is 2. The average molecular weight is 416 g/mol. The second-order valence-electron chi connectivity index (χ2n) is 7.46. The summed E-state index contributed by atoms with van der Waals surface area (Å²) in [6.45, 7) is 0. The number of aromatic hydroxyl groups is 1. The second kappa shape index (κ2) is 7.45. The summed E-state index contributed by atoms with van der Waals surface area (Å²) in [5.74, 6) is -0.686. The van der Waals surface area contributed by atoms with Crippen LogP contribution in [0.2, 0.25) is 0 Å². The monoisotopic (exact) mass is 416 g/mol. The third-order valence-corrected chi connectivity index (χ3v) is 5.69. The number of ether oxygens (including phenoxy) is 1. The van der Waals surface area contributed by atoms with Crippen molar-refractivity contribution in [3.8, 4) is 11.5 Å². The molecule has 2 aliphatic rings. The fraction of sp³-hybridized carbons (Fsp3) is 0.167. The summed E-state index contributed by atoms with van der Waals surface area (Å²) in [4.78, 5) is 34.0. The molecule has 7 nitrogen and oxygen atoms in total. The molecule has 0 spiro atoms. The Hall–Kier alpha value is -3.84. The van der Waals surface area contributed by atoms with Gasteiger partial charge in [-0.3, -0.25) is 14.4 Å². The number of amides is 2. The first-order valence-corrected chi connectivity index (χ1v) is 9.90. The van der Waals surface area contributed by atoms with Crippen molar-refractivity contribution in [3.63, 3.8) is 0 Å². The Morgan fingerprint density at radius 3 is 2.16 bits per heavy atom. The lowest BCUT2D eigenvalue weighted by atomic mass is 9.90. The van der Waals surface area contributed by atoms with Crippen molar-refractivity contribution in [1.29, 1.82) is 0 Å². The lowest BCUT2D eigenvalue weighted by molar-refractivity contribution is -0.126. The number of benzene rings is 3. The third-order valence-electron chi connectivity index (χ3n) is 5.69. The SMILES string of the molecule is COc1ccc(N2C(=O)[C@H]3[C@H](ON(c4ccccc4)[C@H]3c3ccc(O)cc3)C2=O)cc1. The molecule has 1 N–H and O–H groups in total. The van der Waals surface area contributed by atoms with Gasteiger partial charge in [0, 0.05) is 0 Å². The smallest absolute Gasteiger partial charge is 0.266 e. The van der Waals surface area contributed by atoms with Crippen LogP contribution in [0.1, 0.15) is 11.6 Å². The molecule has 2 fully saturated rings. The van der Waals surface area contributed by atoms with E-state index in [1.165, 1.54) is 4.90 Å². The van der Waals surface area contributed by atoms with Crippen molar-refractivity contribution in [2.24, 2.45) is 5.92 Å². The van der Waals surface area contributed by atoms with Crippen LogP contribution in [-0.2, 0) is 14.4 Å². The highest BCUT2D eigenvalue weighted by Gasteiger charge is 2.60. The minimum atomic E-state index is -0.936. The van der Waals surface area contributed by atoms with E-state index in [4.69, 9.17) is 9.57 Å². The summed E-state index contributed by atoms with van der Waals surface area (Å²) in [7, 11) is 1.56. The Labute approximate surface area is 179 Å². The quantitative estimate of drug-likeness (QED) is 0.657. The molecule has 2 saturated heterocycles. The van der Waals surface area contributed by atoms with Crippen LogP contribution >= 0.6 is 0 Å². The molecular weight excluding hydrogens is 396 g/mol. The van der Waals surface area contributed by atoms with Crippen molar-refractivity contribution in [3.05, 3.63) is 84.4 Å². The van der Waals surface area contributed by atoms with Gasteiger partial charge in [0.2, 0.25) is 5.91 Å². The number of rotatable bonds is 4. The van der Waals surface area contributed by atoms with E-state index >= 15 is 0 Å². The first-order chi connectivity index (χ1) is 15.1. The predicted molar refractivity (Wildman–Crippen MR) is 114 cm³/mol. The van der Waals surface area contributed by atoms with Crippen LogP contribution in [0.5, 0.6) is 11.5 Å². The Morgan fingerprint density at radius 1 is 0.839 bits per heavy atom. The van der Waals surface area contributed by atoms with Gasteiger partial charge in [-0.15, -0.1) is 0 Å². The molecule has 0 radical (unpaired) electrons. The molecule has 0 bridgehead atoms. The number of hydrogen-bond donors (Lipinski definition) is 1. The van der Waals surface area contributed by atoms with E-state index in [2.05, 4.69) is 0 Å². The van der Waals surface area contributed by atoms with Gasteiger partial charge in [-0.2, -0.15) is 0 Å². The highest BCUT2D eigenvalue weighted by Crippen LogP contribution is 2.47. The maximum absolute atomic E-state index is 13.5. The van der Waals surface area contributed by atoms with Gasteiger partial charge < -0.3 is 9.84 Å². The van der Waals surface area contributed by atoms with Crippen molar-refractivity contribution < 1.29 is 24.3 Å². The van der Waals surface area contributed by atoms with Gasteiger partial charge in [-0.05, 0) is 54.1 Å². The minimum absolute atomic E-state index is 0.124. The largest absolute Gasteiger partial charge is 0.508 e. The molecule has 2 heterocycles. The van der Waals surface area contributed by atoms with E-state index in [1.807, 2.05) is 30.3 Å².